The number of phenolic OH excluding ortho intramolecular Hbond substituents is 1. The molecule has 1 nitrogen and oxygen atoms in total. The summed E-state index contributed by atoms with van der Waals surface area (Å²) < 4.78 is 0. The van der Waals surface area contributed by atoms with Gasteiger partial charge in [-0.1, -0.05) is 53.2 Å². The summed E-state index contributed by atoms with van der Waals surface area (Å²) in [4.78, 5) is 0. The van der Waals surface area contributed by atoms with Crippen LogP contribution in [0.1, 0.15) is 76.5 Å². The van der Waals surface area contributed by atoms with Crippen LogP contribution in [0.25, 0.3) is 6.08 Å². The van der Waals surface area contributed by atoms with Gasteiger partial charge in [0.2, 0.25) is 0 Å². The highest BCUT2D eigenvalue weighted by Crippen LogP contribution is 2.56. The van der Waals surface area contributed by atoms with Crippen molar-refractivity contribution in [2.75, 3.05) is 0 Å². The van der Waals surface area contributed by atoms with Crippen molar-refractivity contribution in [3.63, 3.8) is 0 Å². The normalized spacial score (nSPS) is 30.1. The van der Waals surface area contributed by atoms with Crippen LogP contribution in [0.15, 0.2) is 18.2 Å². The van der Waals surface area contributed by atoms with Gasteiger partial charge in [-0.3, -0.25) is 0 Å². The van der Waals surface area contributed by atoms with Gasteiger partial charge in [-0.25, -0.2) is 0 Å². The lowest BCUT2D eigenvalue weighted by atomic mass is 9.52. The van der Waals surface area contributed by atoms with Gasteiger partial charge in [-0.05, 0) is 64.3 Å². The number of phenols is 1. The predicted octanol–water partition coefficient (Wildman–Crippen LogP) is 5.63. The Hall–Kier alpha value is -1.24. The summed E-state index contributed by atoms with van der Waals surface area (Å²) in [6, 6.07) is 4.26. The number of allylic oxidation sites excluding steroid dienone is 1. The Kier molecular flexibility index (Phi) is 3.24. The van der Waals surface area contributed by atoms with Crippen LogP contribution in [-0.2, 0) is 5.41 Å². The number of benzene rings is 1. The van der Waals surface area contributed by atoms with E-state index in [-0.39, 0.29) is 5.41 Å². The molecule has 0 heterocycles. The Balaban J connectivity index is 2.16. The van der Waals surface area contributed by atoms with Gasteiger partial charge in [-0.2, -0.15) is 0 Å². The minimum atomic E-state index is 0.165. The van der Waals surface area contributed by atoms with Crippen LogP contribution in [-0.4, -0.2) is 5.11 Å². The van der Waals surface area contributed by atoms with E-state index in [0.717, 1.165) is 5.56 Å². The molecule has 3 rings (SSSR count). The first-order valence-electron chi connectivity index (χ1n) is 8.31. The molecule has 0 aliphatic heterocycles. The third-order valence-corrected chi connectivity index (χ3v) is 5.95. The number of hydrogen-bond acceptors (Lipinski definition) is 1. The highest BCUT2D eigenvalue weighted by Gasteiger charge is 2.48. The molecule has 1 aromatic rings. The molecule has 1 N–H and O–H groups in total. The molecule has 0 saturated heterocycles. The smallest absolute Gasteiger partial charge is 0.119 e. The van der Waals surface area contributed by atoms with Gasteiger partial charge in [0.15, 0.2) is 0 Å². The van der Waals surface area contributed by atoms with Crippen LogP contribution in [0.2, 0.25) is 0 Å². The maximum absolute atomic E-state index is 10.4. The fraction of sp³-hybridized carbons (Fsp3) is 0.600. The van der Waals surface area contributed by atoms with Crippen LogP contribution in [0.3, 0.4) is 0 Å². The third-order valence-electron chi connectivity index (χ3n) is 5.95. The lowest BCUT2D eigenvalue weighted by molar-refractivity contribution is 0.0908. The highest BCUT2D eigenvalue weighted by molar-refractivity contribution is 5.64. The van der Waals surface area contributed by atoms with Gasteiger partial charge in [0.25, 0.3) is 0 Å². The molecule has 114 valence electrons. The van der Waals surface area contributed by atoms with E-state index in [4.69, 9.17) is 0 Å². The summed E-state index contributed by atoms with van der Waals surface area (Å²) in [6.07, 6.45) is 8.52. The molecule has 21 heavy (non-hydrogen) atoms. The zero-order valence-corrected chi connectivity index (χ0v) is 14.0. The van der Waals surface area contributed by atoms with Gasteiger partial charge in [0, 0.05) is 0 Å². The monoisotopic (exact) mass is 284 g/mol. The number of hydrogen-bond donors (Lipinski definition) is 1. The van der Waals surface area contributed by atoms with E-state index < -0.39 is 0 Å². The molecule has 0 amide bonds. The van der Waals surface area contributed by atoms with Crippen molar-refractivity contribution < 1.29 is 5.11 Å². The molecule has 0 aromatic heterocycles. The second-order valence-electron chi connectivity index (χ2n) is 8.25. The van der Waals surface area contributed by atoms with Crippen molar-refractivity contribution in [2.24, 2.45) is 11.3 Å². The summed E-state index contributed by atoms with van der Waals surface area (Å²) in [5, 5.41) is 10.4. The van der Waals surface area contributed by atoms with E-state index in [2.05, 4.69) is 58.9 Å². The number of fused-ring (bicyclic) bond motifs is 3. The van der Waals surface area contributed by atoms with Crippen LogP contribution in [0.5, 0.6) is 5.75 Å². The van der Waals surface area contributed by atoms with E-state index in [0.29, 0.717) is 23.0 Å². The molecule has 1 heteroatoms. The Morgan fingerprint density at radius 1 is 1.14 bits per heavy atom. The van der Waals surface area contributed by atoms with Crippen molar-refractivity contribution in [2.45, 2.75) is 65.2 Å². The maximum Gasteiger partial charge on any atom is 0.119 e. The van der Waals surface area contributed by atoms with Crippen molar-refractivity contribution in [1.29, 1.82) is 0 Å². The molecule has 0 unspecified atom stereocenters. The number of rotatable bonds is 1. The molecule has 0 spiro atoms. The zero-order valence-electron chi connectivity index (χ0n) is 14.0. The van der Waals surface area contributed by atoms with Gasteiger partial charge in [0.1, 0.15) is 5.75 Å². The Bertz CT molecular complexity index is 594. The third kappa shape index (κ3) is 2.13. The van der Waals surface area contributed by atoms with Crippen LogP contribution in [0, 0.1) is 11.3 Å². The molecular formula is C20H28O. The minimum absolute atomic E-state index is 0.165. The zero-order chi connectivity index (χ0) is 15.4. The largest absolute Gasteiger partial charge is 0.508 e. The van der Waals surface area contributed by atoms with E-state index in [9.17, 15) is 5.11 Å². The van der Waals surface area contributed by atoms with Crippen molar-refractivity contribution in [1.82, 2.24) is 0 Å². The molecule has 1 aromatic carbocycles. The van der Waals surface area contributed by atoms with E-state index in [1.165, 1.54) is 30.4 Å². The molecule has 0 radical (unpaired) electrons. The summed E-state index contributed by atoms with van der Waals surface area (Å²) in [5.74, 6) is 1.40. The van der Waals surface area contributed by atoms with E-state index >= 15 is 0 Å². The van der Waals surface area contributed by atoms with E-state index in [1.54, 1.807) is 0 Å². The first kappa shape index (κ1) is 14.7. The minimum Gasteiger partial charge on any atom is -0.508 e. The van der Waals surface area contributed by atoms with Gasteiger partial charge >= 0.3 is 0 Å². The Labute approximate surface area is 129 Å². The molecule has 0 bridgehead atoms. The average Bonchev–Trinajstić information content (AvgIpc) is 2.37. The fourth-order valence-electron chi connectivity index (χ4n) is 4.78. The predicted molar refractivity (Wildman–Crippen MR) is 89.7 cm³/mol. The highest BCUT2D eigenvalue weighted by atomic mass is 16.3. The molecular weight excluding hydrogens is 256 g/mol. The summed E-state index contributed by atoms with van der Waals surface area (Å²) >= 11 is 0. The van der Waals surface area contributed by atoms with Crippen molar-refractivity contribution in [3.05, 3.63) is 34.9 Å². The lowest BCUT2D eigenvalue weighted by Crippen LogP contribution is -2.45. The van der Waals surface area contributed by atoms with Crippen molar-refractivity contribution in [3.8, 4) is 5.75 Å². The molecule has 1 fully saturated rings. The molecule has 2 aliphatic rings. The fourth-order valence-corrected chi connectivity index (χ4v) is 4.78. The van der Waals surface area contributed by atoms with Gasteiger partial charge < -0.3 is 5.11 Å². The Morgan fingerprint density at radius 3 is 2.52 bits per heavy atom. The molecule has 1 saturated carbocycles. The standard InChI is InChI=1S/C20H28O/c1-13(2)15-11-14-7-8-18-19(3,4)9-6-10-20(18,5)16(14)12-17(15)21/h7-8,11-13,18,21H,6,9-10H2,1-5H3/t18-,20+/m0/s1. The van der Waals surface area contributed by atoms with Crippen molar-refractivity contribution >= 4 is 6.08 Å². The SMILES string of the molecule is CC(C)c1cc2c(cc1O)[C@@]1(C)CCCC(C)(C)[C@@H]1C=C2. The van der Waals surface area contributed by atoms with Gasteiger partial charge in [0.05, 0.1) is 0 Å². The van der Waals surface area contributed by atoms with Crippen LogP contribution in [0.4, 0.5) is 0 Å². The first-order valence-corrected chi connectivity index (χ1v) is 8.31. The molecule has 2 aliphatic carbocycles. The van der Waals surface area contributed by atoms with E-state index in [1.807, 2.05) is 0 Å². The summed E-state index contributed by atoms with van der Waals surface area (Å²) in [5.41, 5.74) is 4.24. The van der Waals surface area contributed by atoms with Crippen LogP contribution < -0.4 is 0 Å². The number of aromatic hydroxyl groups is 1. The lowest BCUT2D eigenvalue weighted by Gasteiger charge is -2.52. The topological polar surface area (TPSA) is 20.2 Å². The second-order valence-corrected chi connectivity index (χ2v) is 8.25. The average molecular weight is 284 g/mol. The molecule has 2 atom stereocenters. The maximum atomic E-state index is 10.4. The summed E-state index contributed by atoms with van der Waals surface area (Å²) in [7, 11) is 0. The first-order chi connectivity index (χ1) is 9.75. The summed E-state index contributed by atoms with van der Waals surface area (Å²) in [6.45, 7) is 11.5. The Morgan fingerprint density at radius 2 is 1.86 bits per heavy atom. The van der Waals surface area contributed by atoms with Gasteiger partial charge in [-0.15, -0.1) is 0 Å². The second kappa shape index (κ2) is 4.63. The van der Waals surface area contributed by atoms with Crippen LogP contribution >= 0.6 is 0 Å². The quantitative estimate of drug-likeness (QED) is 0.709.